The molecule has 1 aliphatic rings. The third-order valence-electron chi connectivity index (χ3n) is 5.72. The Hall–Kier alpha value is -3.21. The van der Waals surface area contributed by atoms with E-state index >= 15 is 0 Å². The Kier molecular flexibility index (Phi) is 6.54. The summed E-state index contributed by atoms with van der Waals surface area (Å²) in [6.45, 7) is 6.00. The summed E-state index contributed by atoms with van der Waals surface area (Å²) in [6.07, 6.45) is 2.10. The van der Waals surface area contributed by atoms with Crippen LogP contribution in [0, 0.1) is 11.8 Å². The first-order valence-corrected chi connectivity index (χ1v) is 12.2. The molecule has 0 saturated carbocycles. The van der Waals surface area contributed by atoms with Gasteiger partial charge in [-0.05, 0) is 69.2 Å². The summed E-state index contributed by atoms with van der Waals surface area (Å²) in [4.78, 5) is 2.32. The third-order valence-corrected chi connectivity index (χ3v) is 7.04. The predicted molar refractivity (Wildman–Crippen MR) is 132 cm³/mol. The molecule has 1 aromatic heterocycles. The van der Waals surface area contributed by atoms with E-state index in [0.29, 0.717) is 23.8 Å². The largest absolute Gasteiger partial charge is 0.382 e. The number of aromatic nitrogens is 1. The van der Waals surface area contributed by atoms with Crippen molar-refractivity contribution >= 4 is 32.3 Å². The Morgan fingerprint density at radius 1 is 1.12 bits per heavy atom. The van der Waals surface area contributed by atoms with Crippen LogP contribution in [0.25, 0.3) is 10.9 Å². The van der Waals surface area contributed by atoms with Gasteiger partial charge in [-0.15, -0.1) is 0 Å². The maximum atomic E-state index is 12.8. The lowest BCUT2D eigenvalue weighted by atomic mass is 10.0. The first-order chi connectivity index (χ1) is 15.5. The molecule has 2 aromatic carbocycles. The molecule has 1 fully saturated rings. The van der Waals surface area contributed by atoms with E-state index in [1.165, 1.54) is 3.97 Å². The molecule has 1 aliphatic heterocycles. The number of para-hydroxylation sites is 1. The lowest BCUT2D eigenvalue weighted by Gasteiger charge is -2.30. The number of hydrogen-bond donors (Lipinski definition) is 2. The van der Waals surface area contributed by atoms with Gasteiger partial charge in [-0.25, -0.2) is 12.4 Å². The second-order valence-electron chi connectivity index (χ2n) is 7.99. The summed E-state index contributed by atoms with van der Waals surface area (Å²) < 4.78 is 26.9. The molecule has 0 radical (unpaired) electrons. The summed E-state index contributed by atoms with van der Waals surface area (Å²) in [5, 5.41) is 8.66. The number of benzene rings is 2. The number of nitrogens with zero attached hydrogens (tertiary/aromatic N) is 2. The van der Waals surface area contributed by atoms with Crippen LogP contribution in [0.1, 0.15) is 18.5 Å². The molecule has 3 aromatic rings. The zero-order valence-corrected chi connectivity index (χ0v) is 19.0. The molecule has 1 saturated heterocycles. The number of likely N-dealkylation sites (tertiary alicyclic amines) is 1. The third kappa shape index (κ3) is 4.82. The summed E-state index contributed by atoms with van der Waals surface area (Å²) in [7, 11) is -1.60. The molecule has 6 nitrogen and oxygen atoms in total. The topological polar surface area (TPSA) is 66.4 Å². The van der Waals surface area contributed by atoms with E-state index in [2.05, 4.69) is 41.0 Å². The fourth-order valence-electron chi connectivity index (χ4n) is 3.98. The molecular formula is C25H28N4O2S. The second kappa shape index (κ2) is 9.51. The number of nitrogens with one attached hydrogen (secondary N) is 2. The van der Waals surface area contributed by atoms with Gasteiger partial charge in [0.25, 0.3) is 10.0 Å². The van der Waals surface area contributed by atoms with Crippen LogP contribution >= 0.6 is 0 Å². The Morgan fingerprint density at radius 3 is 2.59 bits per heavy atom. The van der Waals surface area contributed by atoms with Gasteiger partial charge in [0, 0.05) is 28.2 Å². The Labute approximate surface area is 190 Å². The van der Waals surface area contributed by atoms with Crippen LogP contribution in [0.2, 0.25) is 0 Å². The van der Waals surface area contributed by atoms with Gasteiger partial charge in [0.05, 0.1) is 12.1 Å². The molecule has 32 heavy (non-hydrogen) atoms. The number of rotatable bonds is 6. The minimum Gasteiger partial charge on any atom is -0.382 e. The van der Waals surface area contributed by atoms with Crippen molar-refractivity contribution in [1.29, 1.82) is 0 Å². The van der Waals surface area contributed by atoms with Crippen LogP contribution in [0.5, 0.6) is 0 Å². The van der Waals surface area contributed by atoms with Gasteiger partial charge in [-0.2, -0.15) is 0 Å². The number of fused-ring (bicyclic) bond motifs is 1. The van der Waals surface area contributed by atoms with Crippen molar-refractivity contribution in [3.05, 3.63) is 72.3 Å². The van der Waals surface area contributed by atoms with Gasteiger partial charge in [0.2, 0.25) is 0 Å². The van der Waals surface area contributed by atoms with Gasteiger partial charge in [-0.3, -0.25) is 0 Å². The molecule has 7 heteroatoms. The molecule has 2 N–H and O–H groups in total. The van der Waals surface area contributed by atoms with Crippen molar-refractivity contribution in [2.45, 2.75) is 18.9 Å². The summed E-state index contributed by atoms with van der Waals surface area (Å²) in [5.41, 5.74) is 2.92. The molecule has 166 valence electrons. The van der Waals surface area contributed by atoms with E-state index in [9.17, 15) is 8.42 Å². The Morgan fingerprint density at radius 2 is 1.88 bits per heavy atom. The first-order valence-electron chi connectivity index (χ1n) is 10.7. The summed E-state index contributed by atoms with van der Waals surface area (Å²) >= 11 is 0. The monoisotopic (exact) mass is 448 g/mol. The van der Waals surface area contributed by atoms with Gasteiger partial charge < -0.3 is 15.5 Å². The van der Waals surface area contributed by atoms with Crippen molar-refractivity contribution in [3.63, 3.8) is 0 Å². The Bertz CT molecular complexity index is 1260. The SMILES string of the molecule is C=CS(=O)(=O)n1c(C#CCNc2ccccc2)cc2c(NC3CCN(C)CC3)cccc21. The maximum Gasteiger partial charge on any atom is 0.261 e. The van der Waals surface area contributed by atoms with Crippen LogP contribution in [0.4, 0.5) is 11.4 Å². The van der Waals surface area contributed by atoms with Gasteiger partial charge in [0.1, 0.15) is 5.69 Å². The lowest BCUT2D eigenvalue weighted by molar-refractivity contribution is 0.264. The van der Waals surface area contributed by atoms with Crippen LogP contribution in [-0.4, -0.2) is 50.0 Å². The highest BCUT2D eigenvalue weighted by atomic mass is 32.2. The van der Waals surface area contributed by atoms with Crippen LogP contribution in [0.3, 0.4) is 0 Å². The normalized spacial score (nSPS) is 15.2. The fraction of sp³-hybridized carbons (Fsp3) is 0.280. The summed E-state index contributed by atoms with van der Waals surface area (Å²) in [6, 6.07) is 17.7. The quantitative estimate of drug-likeness (QED) is 0.560. The second-order valence-corrected chi connectivity index (χ2v) is 9.72. The smallest absolute Gasteiger partial charge is 0.261 e. The Balaban J connectivity index is 1.66. The maximum absolute atomic E-state index is 12.8. The molecule has 0 aliphatic carbocycles. The van der Waals surface area contributed by atoms with E-state index in [4.69, 9.17) is 0 Å². The molecule has 2 heterocycles. The van der Waals surface area contributed by atoms with Crippen molar-refractivity contribution in [2.75, 3.05) is 37.3 Å². The van der Waals surface area contributed by atoms with Gasteiger partial charge in [0.15, 0.2) is 0 Å². The highest BCUT2D eigenvalue weighted by Crippen LogP contribution is 2.30. The van der Waals surface area contributed by atoms with Crippen LogP contribution in [0.15, 0.2) is 66.6 Å². The molecule has 0 bridgehead atoms. The molecule has 0 spiro atoms. The summed E-state index contributed by atoms with van der Waals surface area (Å²) in [5.74, 6) is 6.09. The first kappa shape index (κ1) is 22.0. The number of piperidine rings is 1. The minimum absolute atomic E-state index is 0.362. The van der Waals surface area contributed by atoms with Crippen LogP contribution in [-0.2, 0) is 10.0 Å². The predicted octanol–water partition coefficient (Wildman–Crippen LogP) is 3.93. The zero-order chi connectivity index (χ0) is 22.6. The van der Waals surface area contributed by atoms with Gasteiger partial charge in [-0.1, -0.05) is 36.8 Å². The molecule has 4 rings (SSSR count). The van der Waals surface area contributed by atoms with E-state index in [-0.39, 0.29) is 0 Å². The van der Waals surface area contributed by atoms with E-state index < -0.39 is 10.0 Å². The van der Waals surface area contributed by atoms with Crippen molar-refractivity contribution in [3.8, 4) is 11.8 Å². The lowest BCUT2D eigenvalue weighted by Crippen LogP contribution is -2.36. The highest BCUT2D eigenvalue weighted by Gasteiger charge is 2.21. The van der Waals surface area contributed by atoms with Gasteiger partial charge >= 0.3 is 0 Å². The van der Waals surface area contributed by atoms with Crippen molar-refractivity contribution in [2.24, 2.45) is 0 Å². The number of hydrogen-bond acceptors (Lipinski definition) is 5. The van der Waals surface area contributed by atoms with E-state index in [1.807, 2.05) is 54.6 Å². The van der Waals surface area contributed by atoms with E-state index in [0.717, 1.165) is 48.1 Å². The average molecular weight is 449 g/mol. The molecule has 0 unspecified atom stereocenters. The molecule has 0 amide bonds. The highest BCUT2D eigenvalue weighted by molar-refractivity contribution is 7.93. The average Bonchev–Trinajstić information content (AvgIpc) is 3.19. The van der Waals surface area contributed by atoms with Crippen molar-refractivity contribution in [1.82, 2.24) is 8.87 Å². The zero-order valence-electron chi connectivity index (χ0n) is 18.2. The van der Waals surface area contributed by atoms with E-state index in [1.54, 1.807) is 0 Å². The van der Waals surface area contributed by atoms with Crippen LogP contribution < -0.4 is 10.6 Å². The molecule has 0 atom stereocenters. The number of anilines is 2. The fourth-order valence-corrected chi connectivity index (χ4v) is 4.93. The minimum atomic E-state index is -3.74. The molecular weight excluding hydrogens is 420 g/mol. The standard InChI is InChI=1S/C25H28N4O2S/c1-3-32(30,31)29-22(11-8-16-26-20-9-5-4-6-10-20)19-23-24(12-7-13-25(23)29)27-21-14-17-28(2)18-15-21/h3-7,9-10,12-13,19,21,26-27H,1,14-18H2,2H3. The van der Waals surface area contributed by atoms with Crippen molar-refractivity contribution < 1.29 is 8.42 Å².